The molecular formula is C38H48F6N8O. The van der Waals surface area contributed by atoms with Crippen molar-refractivity contribution in [2.24, 2.45) is 11.8 Å². The van der Waals surface area contributed by atoms with Crippen LogP contribution in [0, 0.1) is 18.8 Å². The molecule has 288 valence electrons. The number of fused-ring (bicyclic) bond motifs is 1. The van der Waals surface area contributed by atoms with Crippen molar-refractivity contribution >= 4 is 28.7 Å². The van der Waals surface area contributed by atoms with E-state index < -0.39 is 30.0 Å². The summed E-state index contributed by atoms with van der Waals surface area (Å²) >= 11 is 0. The molecule has 15 heteroatoms. The molecule has 3 aromatic heterocycles. The molecule has 6 rings (SSSR count). The zero-order chi connectivity index (χ0) is 39.0. The van der Waals surface area contributed by atoms with Crippen LogP contribution in [0.15, 0.2) is 36.7 Å². The summed E-state index contributed by atoms with van der Waals surface area (Å²) in [7, 11) is 3.13. The first-order valence-corrected chi connectivity index (χ1v) is 18.0. The lowest BCUT2D eigenvalue weighted by Gasteiger charge is -2.30. The molecule has 1 amide bonds. The molecule has 2 fully saturated rings. The highest BCUT2D eigenvalue weighted by Gasteiger charge is 2.38. The third kappa shape index (κ3) is 9.58. The second-order valence-electron chi connectivity index (χ2n) is 15.0. The highest BCUT2D eigenvalue weighted by Crippen LogP contribution is 2.40. The van der Waals surface area contributed by atoms with E-state index in [1.807, 2.05) is 52.3 Å². The maximum Gasteiger partial charge on any atom is 0.416 e. The molecule has 1 aromatic carbocycles. The molecule has 2 aliphatic rings. The van der Waals surface area contributed by atoms with Crippen LogP contribution in [-0.2, 0) is 31.0 Å². The number of amides is 1. The van der Waals surface area contributed by atoms with Gasteiger partial charge in [-0.1, -0.05) is 13.8 Å². The minimum Gasteiger partial charge on any atom is -0.356 e. The summed E-state index contributed by atoms with van der Waals surface area (Å²) in [6.07, 6.45) is -3.00. The van der Waals surface area contributed by atoms with Gasteiger partial charge < -0.3 is 14.7 Å². The number of anilines is 2. The minimum atomic E-state index is -5.01. The fourth-order valence-electron chi connectivity index (χ4n) is 6.13. The summed E-state index contributed by atoms with van der Waals surface area (Å²) in [5.41, 5.74) is -1.12. The summed E-state index contributed by atoms with van der Waals surface area (Å²) in [5, 5.41) is 5.59. The summed E-state index contributed by atoms with van der Waals surface area (Å²) in [4.78, 5) is 31.8. The Morgan fingerprint density at radius 3 is 1.79 bits per heavy atom. The second-order valence-corrected chi connectivity index (χ2v) is 15.0. The molecule has 4 aromatic rings. The van der Waals surface area contributed by atoms with E-state index in [1.165, 1.54) is 22.2 Å². The Bertz CT molecular complexity index is 1860. The Morgan fingerprint density at radius 1 is 0.811 bits per heavy atom. The first-order chi connectivity index (χ1) is 24.8. The average Bonchev–Trinajstić information content (AvgIpc) is 4.03. The van der Waals surface area contributed by atoms with Crippen LogP contribution in [0.3, 0.4) is 0 Å². The quantitative estimate of drug-likeness (QED) is 0.142. The molecule has 0 saturated heterocycles. The Labute approximate surface area is 306 Å². The van der Waals surface area contributed by atoms with Crippen molar-refractivity contribution in [1.82, 2.24) is 29.6 Å². The molecule has 0 unspecified atom stereocenters. The zero-order valence-electron chi connectivity index (χ0n) is 31.5. The Kier molecular flexibility index (Phi) is 11.4. The number of benzene rings is 1. The fraction of sp³-hybridized carbons (Fsp3) is 0.553. The van der Waals surface area contributed by atoms with Gasteiger partial charge in [0, 0.05) is 63.6 Å². The van der Waals surface area contributed by atoms with Crippen LogP contribution in [0.5, 0.6) is 0 Å². The molecule has 9 nitrogen and oxygen atoms in total. The second kappa shape index (κ2) is 15.1. The van der Waals surface area contributed by atoms with Crippen molar-refractivity contribution < 1.29 is 31.1 Å². The zero-order valence-corrected chi connectivity index (χ0v) is 31.5. The van der Waals surface area contributed by atoms with Crippen molar-refractivity contribution in [3.63, 3.8) is 0 Å². The van der Waals surface area contributed by atoms with Crippen LogP contribution in [0.2, 0.25) is 0 Å². The fourth-order valence-corrected chi connectivity index (χ4v) is 6.13. The number of alkyl halides is 6. The predicted molar refractivity (Wildman–Crippen MR) is 193 cm³/mol. The van der Waals surface area contributed by atoms with Crippen molar-refractivity contribution in [2.45, 2.75) is 98.2 Å². The molecule has 0 atom stereocenters. The van der Waals surface area contributed by atoms with Gasteiger partial charge in [-0.2, -0.15) is 31.4 Å². The van der Waals surface area contributed by atoms with Gasteiger partial charge in [0.25, 0.3) is 5.91 Å². The maximum atomic E-state index is 13.9. The lowest BCUT2D eigenvalue weighted by atomic mass is 10.0. The maximum absolute atomic E-state index is 13.9. The van der Waals surface area contributed by atoms with E-state index in [9.17, 15) is 31.1 Å². The van der Waals surface area contributed by atoms with E-state index in [1.54, 1.807) is 14.1 Å². The standard InChI is InChI=1S/C36H42F6N8O.C2H6/c1-21-29-13-25(30(45-31(29)50(46-21)34(2,3)4)48(17-22-7-8-22)18-23-9-10-23)20-49(33-43-15-26(16-44-33)32(51)47(5)6)19-24-11-27(35(37,38)39)14-28(12-24)36(40,41)42;1-2/h11-16,22-23H,7-10,17-20H2,1-6H3;1-2H3. The van der Waals surface area contributed by atoms with Crippen LogP contribution >= 0.6 is 0 Å². The molecule has 0 spiro atoms. The lowest BCUT2D eigenvalue weighted by molar-refractivity contribution is -0.143. The average molecular weight is 747 g/mol. The van der Waals surface area contributed by atoms with Crippen molar-refractivity contribution in [3.8, 4) is 0 Å². The Morgan fingerprint density at radius 2 is 1.34 bits per heavy atom. The monoisotopic (exact) mass is 746 g/mol. The number of halogens is 6. The van der Waals surface area contributed by atoms with Crippen molar-refractivity contribution in [2.75, 3.05) is 37.0 Å². The molecule has 0 N–H and O–H groups in total. The van der Waals surface area contributed by atoms with Gasteiger partial charge in [0.15, 0.2) is 5.65 Å². The molecule has 2 aliphatic carbocycles. The molecule has 0 bridgehead atoms. The van der Waals surface area contributed by atoms with E-state index in [2.05, 4.69) is 14.9 Å². The lowest BCUT2D eigenvalue weighted by Crippen LogP contribution is -2.32. The number of nitrogens with zero attached hydrogens (tertiary/aromatic N) is 8. The van der Waals surface area contributed by atoms with E-state index >= 15 is 0 Å². The number of hydrogen-bond acceptors (Lipinski definition) is 7. The van der Waals surface area contributed by atoms with Gasteiger partial charge in [-0.3, -0.25) is 4.79 Å². The van der Waals surface area contributed by atoms with E-state index in [0.29, 0.717) is 28.9 Å². The molecule has 53 heavy (non-hydrogen) atoms. The third-order valence-electron chi connectivity index (χ3n) is 9.14. The smallest absolute Gasteiger partial charge is 0.356 e. The number of hydrogen-bond donors (Lipinski definition) is 0. The predicted octanol–water partition coefficient (Wildman–Crippen LogP) is 8.88. The van der Waals surface area contributed by atoms with E-state index in [0.717, 1.165) is 62.0 Å². The van der Waals surface area contributed by atoms with Crippen LogP contribution in [0.25, 0.3) is 11.0 Å². The minimum absolute atomic E-state index is 0.00279. The largest absolute Gasteiger partial charge is 0.416 e. The number of carbonyl (C=O) groups excluding carboxylic acids is 1. The number of pyridine rings is 1. The van der Waals surface area contributed by atoms with Gasteiger partial charge in [-0.15, -0.1) is 0 Å². The highest BCUT2D eigenvalue weighted by molar-refractivity contribution is 5.93. The van der Waals surface area contributed by atoms with Crippen molar-refractivity contribution in [3.05, 3.63) is 70.2 Å². The first-order valence-electron chi connectivity index (χ1n) is 18.0. The molecular weight excluding hydrogens is 698 g/mol. The van der Waals surface area contributed by atoms with Gasteiger partial charge in [-0.05, 0) is 95.0 Å². The Hall–Kier alpha value is -4.43. The molecule has 0 aliphatic heterocycles. The van der Waals surface area contributed by atoms with Crippen LogP contribution in [0.1, 0.15) is 98.6 Å². The molecule has 2 saturated carbocycles. The number of aryl methyl sites for hydroxylation is 1. The topological polar surface area (TPSA) is 83.3 Å². The van der Waals surface area contributed by atoms with Gasteiger partial charge in [0.05, 0.1) is 27.9 Å². The summed E-state index contributed by atoms with van der Waals surface area (Å²) in [5.74, 6) is 1.38. The van der Waals surface area contributed by atoms with Gasteiger partial charge in [0.2, 0.25) is 5.95 Å². The summed E-state index contributed by atoms with van der Waals surface area (Å²) < 4.78 is 85.3. The van der Waals surface area contributed by atoms with Gasteiger partial charge in [-0.25, -0.2) is 19.6 Å². The van der Waals surface area contributed by atoms with Gasteiger partial charge >= 0.3 is 12.4 Å². The normalized spacial score (nSPS) is 14.9. The van der Waals surface area contributed by atoms with Crippen LogP contribution in [0.4, 0.5) is 38.1 Å². The van der Waals surface area contributed by atoms with E-state index in [-0.39, 0.29) is 41.1 Å². The number of carbonyl (C=O) groups is 1. The number of aromatic nitrogens is 5. The number of rotatable bonds is 11. The van der Waals surface area contributed by atoms with Crippen molar-refractivity contribution in [1.29, 1.82) is 0 Å². The Balaban J connectivity index is 0.00000266. The molecule has 3 heterocycles. The van der Waals surface area contributed by atoms with Gasteiger partial charge in [0.1, 0.15) is 5.82 Å². The highest BCUT2D eigenvalue weighted by atomic mass is 19.4. The molecule has 0 radical (unpaired) electrons. The van der Waals surface area contributed by atoms with E-state index in [4.69, 9.17) is 10.1 Å². The van der Waals surface area contributed by atoms with Crippen LogP contribution in [-0.4, -0.2) is 62.7 Å². The first kappa shape index (κ1) is 39.8. The van der Waals surface area contributed by atoms with Crippen LogP contribution < -0.4 is 9.80 Å². The summed E-state index contributed by atoms with van der Waals surface area (Å²) in [6.45, 7) is 13.2. The summed E-state index contributed by atoms with van der Waals surface area (Å²) in [6, 6.07) is 3.53. The SMILES string of the molecule is CC.Cc1nn(C(C)(C)C)c2nc(N(CC3CC3)CC3CC3)c(CN(Cc3cc(C(F)(F)F)cc(C(F)(F)F)c3)c3ncc(C(=O)N(C)C)cn3)cc12. The third-order valence-corrected chi connectivity index (χ3v) is 9.14.